The number of carbonyl (C=O) groups excluding carboxylic acids is 1. The van der Waals surface area contributed by atoms with Crippen LogP contribution in [0.3, 0.4) is 0 Å². The molecule has 0 unspecified atom stereocenters. The maximum atomic E-state index is 12.8. The van der Waals surface area contributed by atoms with Crippen LogP contribution in [0.15, 0.2) is 36.4 Å². The lowest BCUT2D eigenvalue weighted by atomic mass is 9.88. The second kappa shape index (κ2) is 4.37. The Balaban J connectivity index is 1.35. The molecule has 0 aromatic heterocycles. The van der Waals surface area contributed by atoms with Crippen molar-refractivity contribution in [2.45, 2.75) is 31.7 Å². The van der Waals surface area contributed by atoms with Gasteiger partial charge < -0.3 is 10.1 Å². The van der Waals surface area contributed by atoms with Crippen LogP contribution in [-0.4, -0.2) is 12.5 Å². The number of fused-ring (bicyclic) bond motifs is 1. The number of allylic oxidation sites excluding steroid dienone is 2. The molecule has 1 spiro atoms. The summed E-state index contributed by atoms with van der Waals surface area (Å²) in [6.07, 6.45) is 9.25. The molecule has 1 N–H and O–H groups in total. The normalized spacial score (nSPS) is 36.0. The number of rotatable bonds is 2. The Kier molecular flexibility index (Phi) is 2.53. The first-order valence-electron chi connectivity index (χ1n) is 8.48. The van der Waals surface area contributed by atoms with Crippen LogP contribution in [-0.2, 0) is 4.79 Å². The predicted molar refractivity (Wildman–Crippen MR) is 83.3 cm³/mol. The molecular formula is C19H21NO2. The molecule has 3 heteroatoms. The third-order valence-electron chi connectivity index (χ3n) is 6.33. The summed E-state index contributed by atoms with van der Waals surface area (Å²) in [6.45, 7) is 0.683. The Hall–Kier alpha value is -1.77. The van der Waals surface area contributed by atoms with Crippen molar-refractivity contribution in [2.75, 3.05) is 6.61 Å². The van der Waals surface area contributed by atoms with Gasteiger partial charge in [-0.05, 0) is 42.6 Å². The fraction of sp³-hybridized carbons (Fsp3) is 0.526. The summed E-state index contributed by atoms with van der Waals surface area (Å²) in [4.78, 5) is 12.8. The number of nitrogens with one attached hydrogen (secondary N) is 1. The average molecular weight is 295 g/mol. The number of carbonyl (C=O) groups is 1. The summed E-state index contributed by atoms with van der Waals surface area (Å²) in [5.74, 6) is 2.52. The molecule has 2 fully saturated rings. The van der Waals surface area contributed by atoms with Gasteiger partial charge in [0.05, 0.1) is 12.6 Å². The van der Waals surface area contributed by atoms with Gasteiger partial charge in [-0.3, -0.25) is 4.79 Å². The standard InChI is InChI=1S/C19H21NO2/c21-18(14-11-12-5-6-15(14)19(12)8-9-19)20-16-7-10-22-17-4-2-1-3-13(16)17/h1-6,12,14-16H,7-11H2,(H,20,21)/t12-,14-,15-,16+/m0/s1. The highest BCUT2D eigenvalue weighted by Crippen LogP contribution is 2.70. The summed E-state index contributed by atoms with van der Waals surface area (Å²) in [5.41, 5.74) is 1.61. The van der Waals surface area contributed by atoms with Gasteiger partial charge in [-0.25, -0.2) is 0 Å². The van der Waals surface area contributed by atoms with Crippen molar-refractivity contribution in [1.29, 1.82) is 0 Å². The Labute approximate surface area is 130 Å². The molecule has 4 aliphatic rings. The molecule has 0 saturated heterocycles. The molecule has 1 aromatic rings. The maximum Gasteiger partial charge on any atom is 0.224 e. The van der Waals surface area contributed by atoms with E-state index in [1.54, 1.807) is 0 Å². The van der Waals surface area contributed by atoms with Crippen LogP contribution >= 0.6 is 0 Å². The lowest BCUT2D eigenvalue weighted by Crippen LogP contribution is -2.38. The maximum absolute atomic E-state index is 12.8. The largest absolute Gasteiger partial charge is 0.493 e. The summed E-state index contributed by atoms with van der Waals surface area (Å²) in [7, 11) is 0. The van der Waals surface area contributed by atoms with Crippen LogP contribution < -0.4 is 10.1 Å². The summed E-state index contributed by atoms with van der Waals surface area (Å²) in [6, 6.07) is 8.18. The van der Waals surface area contributed by atoms with E-state index in [0.29, 0.717) is 23.9 Å². The van der Waals surface area contributed by atoms with Crippen molar-refractivity contribution in [3.8, 4) is 5.75 Å². The molecular weight excluding hydrogens is 274 g/mol. The number of hydrogen-bond acceptors (Lipinski definition) is 2. The van der Waals surface area contributed by atoms with E-state index in [1.165, 1.54) is 12.8 Å². The zero-order chi connectivity index (χ0) is 14.7. The number of ether oxygens (including phenoxy) is 1. The van der Waals surface area contributed by atoms with Crippen LogP contribution in [0.25, 0.3) is 0 Å². The van der Waals surface area contributed by atoms with Gasteiger partial charge >= 0.3 is 0 Å². The van der Waals surface area contributed by atoms with Crippen LogP contribution in [0.2, 0.25) is 0 Å². The van der Waals surface area contributed by atoms with Gasteiger partial charge in [0.1, 0.15) is 5.75 Å². The summed E-state index contributed by atoms with van der Waals surface area (Å²) in [5, 5.41) is 3.31. The van der Waals surface area contributed by atoms with Crippen LogP contribution in [0.4, 0.5) is 0 Å². The smallest absolute Gasteiger partial charge is 0.224 e. The Bertz CT molecular complexity index is 661. The molecule has 1 amide bonds. The second-order valence-corrected chi connectivity index (χ2v) is 7.33. The molecule has 2 bridgehead atoms. The van der Waals surface area contributed by atoms with Crippen LogP contribution in [0.5, 0.6) is 5.75 Å². The molecule has 3 aliphatic carbocycles. The average Bonchev–Trinajstić information content (AvgIpc) is 3.21. The van der Waals surface area contributed by atoms with Crippen molar-refractivity contribution < 1.29 is 9.53 Å². The van der Waals surface area contributed by atoms with Crippen molar-refractivity contribution in [1.82, 2.24) is 5.32 Å². The van der Waals surface area contributed by atoms with Crippen molar-refractivity contribution in [3.05, 3.63) is 42.0 Å². The van der Waals surface area contributed by atoms with Crippen molar-refractivity contribution in [2.24, 2.45) is 23.2 Å². The molecule has 0 radical (unpaired) electrons. The van der Waals surface area contributed by atoms with E-state index in [0.717, 1.165) is 24.2 Å². The molecule has 3 nitrogen and oxygen atoms in total. The van der Waals surface area contributed by atoms with Crippen LogP contribution in [0.1, 0.15) is 37.3 Å². The zero-order valence-corrected chi connectivity index (χ0v) is 12.6. The lowest BCUT2D eigenvalue weighted by molar-refractivity contribution is -0.126. The molecule has 1 aromatic carbocycles. The molecule has 114 valence electrons. The molecule has 1 aliphatic heterocycles. The van der Waals surface area contributed by atoms with Crippen molar-refractivity contribution in [3.63, 3.8) is 0 Å². The van der Waals surface area contributed by atoms with E-state index in [-0.39, 0.29) is 17.9 Å². The first kappa shape index (κ1) is 12.7. The highest BCUT2D eigenvalue weighted by molar-refractivity contribution is 5.81. The second-order valence-electron chi connectivity index (χ2n) is 7.33. The molecule has 5 rings (SSSR count). The number of benzene rings is 1. The van der Waals surface area contributed by atoms with E-state index < -0.39 is 0 Å². The van der Waals surface area contributed by atoms with Gasteiger partial charge in [0.15, 0.2) is 0 Å². The van der Waals surface area contributed by atoms with Gasteiger partial charge in [-0.15, -0.1) is 0 Å². The Morgan fingerprint density at radius 2 is 2.09 bits per heavy atom. The highest BCUT2D eigenvalue weighted by atomic mass is 16.5. The number of amides is 1. The number of hydrogen-bond donors (Lipinski definition) is 1. The first-order valence-corrected chi connectivity index (χ1v) is 8.48. The van der Waals surface area contributed by atoms with Gasteiger partial charge in [0, 0.05) is 17.9 Å². The van der Waals surface area contributed by atoms with E-state index in [1.807, 2.05) is 18.2 Å². The molecule has 22 heavy (non-hydrogen) atoms. The summed E-state index contributed by atoms with van der Waals surface area (Å²) >= 11 is 0. The number of para-hydroxylation sites is 1. The molecule has 4 atom stereocenters. The van der Waals surface area contributed by atoms with E-state index >= 15 is 0 Å². The van der Waals surface area contributed by atoms with Crippen LogP contribution in [0, 0.1) is 23.2 Å². The highest BCUT2D eigenvalue weighted by Gasteiger charge is 2.64. The van der Waals surface area contributed by atoms with Gasteiger partial charge in [-0.2, -0.15) is 0 Å². The quantitative estimate of drug-likeness (QED) is 0.851. The lowest BCUT2D eigenvalue weighted by Gasteiger charge is -2.29. The molecule has 1 heterocycles. The third kappa shape index (κ3) is 1.65. The predicted octanol–water partition coefficient (Wildman–Crippen LogP) is 3.23. The minimum absolute atomic E-state index is 0.107. The first-order chi connectivity index (χ1) is 10.8. The minimum atomic E-state index is 0.107. The summed E-state index contributed by atoms with van der Waals surface area (Å²) < 4.78 is 5.69. The van der Waals surface area contributed by atoms with E-state index in [4.69, 9.17) is 4.74 Å². The molecule has 2 saturated carbocycles. The zero-order valence-electron chi connectivity index (χ0n) is 12.6. The van der Waals surface area contributed by atoms with Gasteiger partial charge in [0.2, 0.25) is 5.91 Å². The van der Waals surface area contributed by atoms with Crippen molar-refractivity contribution >= 4 is 5.91 Å². The van der Waals surface area contributed by atoms with Gasteiger partial charge in [0.25, 0.3) is 0 Å². The van der Waals surface area contributed by atoms with E-state index in [9.17, 15) is 4.79 Å². The SMILES string of the molecule is O=C(N[C@@H]1CCOc2ccccc21)[C@H]1C[C@@H]2C=C[C@@H]1C21CC1. The van der Waals surface area contributed by atoms with Gasteiger partial charge in [-0.1, -0.05) is 30.4 Å². The third-order valence-corrected chi connectivity index (χ3v) is 6.33. The van der Waals surface area contributed by atoms with E-state index in [2.05, 4.69) is 23.5 Å². The fourth-order valence-corrected chi connectivity index (χ4v) is 5.04. The topological polar surface area (TPSA) is 38.3 Å². The minimum Gasteiger partial charge on any atom is -0.493 e. The fourth-order valence-electron chi connectivity index (χ4n) is 5.04. The monoisotopic (exact) mass is 295 g/mol. The Morgan fingerprint density at radius 1 is 1.23 bits per heavy atom. The Morgan fingerprint density at radius 3 is 2.91 bits per heavy atom.